The van der Waals surface area contributed by atoms with E-state index in [9.17, 15) is 4.79 Å². The van der Waals surface area contributed by atoms with Gasteiger partial charge in [0.15, 0.2) is 5.16 Å². The monoisotopic (exact) mass is 415 g/mol. The molecule has 0 bridgehead atoms. The highest BCUT2D eigenvalue weighted by Crippen LogP contribution is 2.26. The zero-order valence-corrected chi connectivity index (χ0v) is 16.7. The molecule has 0 aliphatic heterocycles. The molecular weight excluding hydrogens is 398 g/mol. The second-order valence-electron chi connectivity index (χ2n) is 6.72. The fraction of sp³-hybridized carbons (Fsp3) is 0.0870. The standard InChI is InChI=1S/C23H17N3O3S/c27-22-19-10-4-5-11-20(19)24-23(26(22)14-17-9-6-12-28-17)30-15-18-13-21(25-29-18)16-7-2-1-3-8-16/h1-13H,14-15H2. The van der Waals surface area contributed by atoms with Crippen molar-refractivity contribution in [2.45, 2.75) is 17.5 Å². The van der Waals surface area contributed by atoms with Gasteiger partial charge in [-0.2, -0.15) is 0 Å². The predicted molar refractivity (Wildman–Crippen MR) is 115 cm³/mol. The van der Waals surface area contributed by atoms with Gasteiger partial charge < -0.3 is 8.94 Å². The van der Waals surface area contributed by atoms with E-state index < -0.39 is 0 Å². The van der Waals surface area contributed by atoms with Crippen LogP contribution in [0.5, 0.6) is 0 Å². The smallest absolute Gasteiger partial charge is 0.262 e. The second kappa shape index (κ2) is 8.04. The number of hydrogen-bond donors (Lipinski definition) is 0. The van der Waals surface area contributed by atoms with Crippen LogP contribution in [0.3, 0.4) is 0 Å². The van der Waals surface area contributed by atoms with Crippen LogP contribution in [-0.2, 0) is 12.3 Å². The molecule has 0 radical (unpaired) electrons. The van der Waals surface area contributed by atoms with E-state index >= 15 is 0 Å². The Balaban J connectivity index is 1.46. The third-order valence-electron chi connectivity index (χ3n) is 4.69. The van der Waals surface area contributed by atoms with Crippen LogP contribution in [-0.4, -0.2) is 14.7 Å². The van der Waals surface area contributed by atoms with Gasteiger partial charge in [0.05, 0.1) is 29.5 Å². The molecule has 0 saturated heterocycles. The highest BCUT2D eigenvalue weighted by Gasteiger charge is 2.15. The van der Waals surface area contributed by atoms with E-state index in [1.165, 1.54) is 11.8 Å². The van der Waals surface area contributed by atoms with Crippen LogP contribution < -0.4 is 5.56 Å². The van der Waals surface area contributed by atoms with Crippen LogP contribution in [0.25, 0.3) is 22.2 Å². The van der Waals surface area contributed by atoms with Crippen molar-refractivity contribution in [2.24, 2.45) is 0 Å². The quantitative estimate of drug-likeness (QED) is 0.287. The first-order valence-corrected chi connectivity index (χ1v) is 10.4. The lowest BCUT2D eigenvalue weighted by Gasteiger charge is -2.11. The summed E-state index contributed by atoms with van der Waals surface area (Å²) >= 11 is 1.44. The maximum atomic E-state index is 13.1. The molecule has 0 aliphatic carbocycles. The van der Waals surface area contributed by atoms with Gasteiger partial charge in [0.25, 0.3) is 5.56 Å². The third-order valence-corrected chi connectivity index (χ3v) is 5.69. The number of para-hydroxylation sites is 1. The average molecular weight is 415 g/mol. The van der Waals surface area contributed by atoms with E-state index in [4.69, 9.17) is 13.9 Å². The Morgan fingerprint density at radius 3 is 2.60 bits per heavy atom. The van der Waals surface area contributed by atoms with Gasteiger partial charge in [0, 0.05) is 11.6 Å². The molecule has 6 nitrogen and oxygen atoms in total. The molecule has 5 rings (SSSR count). The van der Waals surface area contributed by atoms with Gasteiger partial charge in [-0.05, 0) is 24.3 Å². The fourth-order valence-corrected chi connectivity index (χ4v) is 4.09. The van der Waals surface area contributed by atoms with E-state index in [0.29, 0.717) is 39.9 Å². The van der Waals surface area contributed by atoms with E-state index in [0.717, 1.165) is 11.3 Å². The first kappa shape index (κ1) is 18.4. The first-order valence-electron chi connectivity index (χ1n) is 9.44. The Morgan fingerprint density at radius 2 is 1.77 bits per heavy atom. The van der Waals surface area contributed by atoms with Gasteiger partial charge in [-0.1, -0.05) is 59.4 Å². The molecule has 5 aromatic rings. The molecule has 3 aromatic heterocycles. The maximum Gasteiger partial charge on any atom is 0.262 e. The molecule has 7 heteroatoms. The summed E-state index contributed by atoms with van der Waals surface area (Å²) in [4.78, 5) is 17.8. The first-order chi connectivity index (χ1) is 14.8. The van der Waals surface area contributed by atoms with E-state index in [1.54, 1.807) is 23.0 Å². The minimum absolute atomic E-state index is 0.0953. The molecule has 3 heterocycles. The van der Waals surface area contributed by atoms with Crippen molar-refractivity contribution in [3.8, 4) is 11.3 Å². The van der Waals surface area contributed by atoms with Gasteiger partial charge in [0.1, 0.15) is 17.2 Å². The average Bonchev–Trinajstić information content (AvgIpc) is 3.47. The summed E-state index contributed by atoms with van der Waals surface area (Å²) in [7, 11) is 0. The summed E-state index contributed by atoms with van der Waals surface area (Å²) in [5, 5.41) is 5.34. The number of nitrogens with zero attached hydrogens (tertiary/aromatic N) is 3. The summed E-state index contributed by atoms with van der Waals surface area (Å²) in [5.41, 5.74) is 2.35. The lowest BCUT2D eigenvalue weighted by atomic mass is 10.1. The van der Waals surface area contributed by atoms with Crippen molar-refractivity contribution in [3.05, 3.63) is 101 Å². The topological polar surface area (TPSA) is 74.1 Å². The van der Waals surface area contributed by atoms with Gasteiger partial charge in [-0.15, -0.1) is 0 Å². The Morgan fingerprint density at radius 1 is 0.933 bits per heavy atom. The van der Waals surface area contributed by atoms with Crippen molar-refractivity contribution < 1.29 is 8.94 Å². The fourth-order valence-electron chi connectivity index (χ4n) is 3.22. The minimum Gasteiger partial charge on any atom is -0.467 e. The number of benzene rings is 2. The zero-order chi connectivity index (χ0) is 20.3. The van der Waals surface area contributed by atoms with Gasteiger partial charge >= 0.3 is 0 Å². The van der Waals surface area contributed by atoms with E-state index in [2.05, 4.69) is 5.16 Å². The van der Waals surface area contributed by atoms with Gasteiger partial charge in [-0.3, -0.25) is 9.36 Å². The lowest BCUT2D eigenvalue weighted by Crippen LogP contribution is -2.23. The largest absolute Gasteiger partial charge is 0.467 e. The normalized spacial score (nSPS) is 11.2. The predicted octanol–water partition coefficient (Wildman–Crippen LogP) is 4.99. The molecule has 0 N–H and O–H groups in total. The van der Waals surface area contributed by atoms with Crippen LogP contribution >= 0.6 is 11.8 Å². The number of aromatic nitrogens is 3. The van der Waals surface area contributed by atoms with Gasteiger partial charge in [-0.25, -0.2) is 4.98 Å². The lowest BCUT2D eigenvalue weighted by molar-refractivity contribution is 0.397. The number of thioether (sulfide) groups is 1. The molecule has 0 unspecified atom stereocenters. The molecule has 0 amide bonds. The summed E-state index contributed by atoms with van der Waals surface area (Å²) in [6, 6.07) is 22.8. The Labute approximate surface area is 176 Å². The highest BCUT2D eigenvalue weighted by molar-refractivity contribution is 7.98. The van der Waals surface area contributed by atoms with Crippen molar-refractivity contribution in [1.29, 1.82) is 0 Å². The Hall–Kier alpha value is -3.58. The molecule has 0 atom stereocenters. The molecule has 0 fully saturated rings. The number of hydrogen-bond acceptors (Lipinski definition) is 6. The molecule has 2 aromatic carbocycles. The van der Waals surface area contributed by atoms with Crippen LogP contribution in [0, 0.1) is 0 Å². The Kier molecular flexibility index (Phi) is 4.94. The van der Waals surface area contributed by atoms with Crippen molar-refractivity contribution >= 4 is 22.7 Å². The summed E-state index contributed by atoms with van der Waals surface area (Å²) in [5.74, 6) is 1.91. The zero-order valence-electron chi connectivity index (χ0n) is 15.9. The number of rotatable bonds is 6. The number of furan rings is 1. The van der Waals surface area contributed by atoms with Crippen LogP contribution in [0.15, 0.2) is 98.0 Å². The summed E-state index contributed by atoms with van der Waals surface area (Å²) in [6.45, 7) is 0.317. The van der Waals surface area contributed by atoms with E-state index in [-0.39, 0.29) is 5.56 Å². The maximum absolute atomic E-state index is 13.1. The highest BCUT2D eigenvalue weighted by atomic mass is 32.2. The van der Waals surface area contributed by atoms with Crippen molar-refractivity contribution in [3.63, 3.8) is 0 Å². The van der Waals surface area contributed by atoms with Gasteiger partial charge in [0.2, 0.25) is 0 Å². The molecule has 0 aliphatic rings. The molecule has 148 valence electrons. The summed E-state index contributed by atoms with van der Waals surface area (Å²) in [6.07, 6.45) is 1.60. The number of fused-ring (bicyclic) bond motifs is 1. The molecule has 0 spiro atoms. The molecular formula is C23H17N3O3S. The summed E-state index contributed by atoms with van der Waals surface area (Å²) < 4.78 is 12.6. The van der Waals surface area contributed by atoms with E-state index in [1.807, 2.05) is 60.7 Å². The minimum atomic E-state index is -0.0953. The van der Waals surface area contributed by atoms with Crippen LogP contribution in [0.1, 0.15) is 11.5 Å². The molecule has 30 heavy (non-hydrogen) atoms. The molecule has 0 saturated carbocycles. The van der Waals surface area contributed by atoms with Crippen molar-refractivity contribution in [2.75, 3.05) is 0 Å². The van der Waals surface area contributed by atoms with Crippen molar-refractivity contribution in [1.82, 2.24) is 14.7 Å². The Bertz CT molecular complexity index is 1340. The second-order valence-corrected chi connectivity index (χ2v) is 7.66. The van der Waals surface area contributed by atoms with Crippen LogP contribution in [0.4, 0.5) is 0 Å². The third kappa shape index (κ3) is 3.67. The van der Waals surface area contributed by atoms with Crippen LogP contribution in [0.2, 0.25) is 0 Å². The SMILES string of the molecule is O=c1c2ccccc2nc(SCc2cc(-c3ccccc3)no2)n1Cc1ccco1.